The van der Waals surface area contributed by atoms with Gasteiger partial charge in [0.25, 0.3) is 0 Å². The van der Waals surface area contributed by atoms with Crippen LogP contribution in [0.15, 0.2) is 152 Å². The number of hydrogen-bond acceptors (Lipinski definition) is 3. The molecule has 0 spiro atoms. The van der Waals surface area contributed by atoms with Gasteiger partial charge >= 0.3 is 0 Å². The first-order valence-electron chi connectivity index (χ1n) is 16.3. The molecule has 2 aromatic heterocycles. The van der Waals surface area contributed by atoms with E-state index >= 15 is 0 Å². The van der Waals surface area contributed by atoms with Crippen LogP contribution in [0.1, 0.15) is 16.7 Å². The van der Waals surface area contributed by atoms with Gasteiger partial charge in [0.2, 0.25) is 0 Å². The molecular weight excluding hydrogens is 611 g/mol. The number of benzene rings is 7. The maximum atomic E-state index is 10.3. The molecule has 0 aliphatic rings. The van der Waals surface area contributed by atoms with Crippen LogP contribution in [0.2, 0.25) is 0 Å². The lowest BCUT2D eigenvalue weighted by atomic mass is 9.94. The average Bonchev–Trinajstić information content (AvgIpc) is 3.69. The van der Waals surface area contributed by atoms with Gasteiger partial charge in [0.05, 0.1) is 62.7 Å². The smallest absolute Gasteiger partial charge is 0.0998 e. The molecule has 5 heteroatoms. The molecule has 0 amide bonds. The first kappa shape index (κ1) is 28.8. The third-order valence-electron chi connectivity index (χ3n) is 9.64. The number of para-hydroxylation sites is 3. The molecule has 0 radical (unpaired) electrons. The van der Waals surface area contributed by atoms with Crippen molar-refractivity contribution >= 4 is 43.6 Å². The second-order valence-corrected chi connectivity index (χ2v) is 12.3. The zero-order chi connectivity index (χ0) is 33.8. The van der Waals surface area contributed by atoms with Crippen molar-refractivity contribution in [2.45, 2.75) is 0 Å². The Bertz CT molecular complexity index is 2900. The SMILES string of the molecule is N#Cc1ccc2c(c1)c1ccc(C#N)cc1n2-c1ccc(-c2ccc(C#N)c(-c3ccccc3-n3c4ccccc4c4ccccc43)c2)cc1. The third kappa shape index (κ3) is 4.38. The van der Waals surface area contributed by atoms with Gasteiger partial charge in [0, 0.05) is 38.4 Å². The van der Waals surface area contributed by atoms with Gasteiger partial charge in [-0.15, -0.1) is 0 Å². The van der Waals surface area contributed by atoms with E-state index in [4.69, 9.17) is 0 Å². The summed E-state index contributed by atoms with van der Waals surface area (Å²) in [7, 11) is 0. The van der Waals surface area contributed by atoms with E-state index in [-0.39, 0.29) is 0 Å². The highest BCUT2D eigenvalue weighted by Crippen LogP contribution is 2.39. The van der Waals surface area contributed by atoms with Crippen LogP contribution in [0.3, 0.4) is 0 Å². The number of aromatic nitrogens is 2. The molecule has 7 aromatic carbocycles. The molecule has 0 saturated heterocycles. The standard InChI is InChI=1S/C45H25N5/c46-26-29-14-22-44-40(23-29)38-21-13-30(27-47)24-45(38)49(44)34-19-17-31(18-20-34)32-15-16-33(28-48)39(25-32)37-9-3-6-12-43(37)50-41-10-4-1-7-35(41)36-8-2-5-11-42(36)50/h1-25H. The minimum absolute atomic E-state index is 0.574. The zero-order valence-corrected chi connectivity index (χ0v) is 26.7. The first-order valence-corrected chi connectivity index (χ1v) is 16.3. The van der Waals surface area contributed by atoms with E-state index < -0.39 is 0 Å². The van der Waals surface area contributed by atoms with Crippen LogP contribution in [0.5, 0.6) is 0 Å². The molecular formula is C45H25N5. The van der Waals surface area contributed by atoms with E-state index in [9.17, 15) is 15.8 Å². The molecule has 2 heterocycles. The number of nitrogens with zero attached hydrogens (tertiary/aromatic N) is 5. The van der Waals surface area contributed by atoms with E-state index in [1.165, 1.54) is 10.8 Å². The minimum Gasteiger partial charge on any atom is -0.309 e. The summed E-state index contributed by atoms with van der Waals surface area (Å²) in [6.07, 6.45) is 0. The lowest BCUT2D eigenvalue weighted by Gasteiger charge is -2.16. The van der Waals surface area contributed by atoms with Crippen LogP contribution >= 0.6 is 0 Å². The van der Waals surface area contributed by atoms with Gasteiger partial charge in [0.15, 0.2) is 0 Å². The monoisotopic (exact) mass is 635 g/mol. The summed E-state index contributed by atoms with van der Waals surface area (Å²) < 4.78 is 4.44. The van der Waals surface area contributed by atoms with Crippen molar-refractivity contribution < 1.29 is 0 Å². The van der Waals surface area contributed by atoms with Crippen molar-refractivity contribution in [3.8, 4) is 51.8 Å². The Hall–Kier alpha value is -7.39. The summed E-state index contributed by atoms with van der Waals surface area (Å²) in [6.45, 7) is 0. The molecule has 0 aliphatic carbocycles. The summed E-state index contributed by atoms with van der Waals surface area (Å²) in [5.41, 5.74) is 11.7. The fraction of sp³-hybridized carbons (Fsp3) is 0. The molecule has 0 unspecified atom stereocenters. The lowest BCUT2D eigenvalue weighted by Crippen LogP contribution is -1.98. The van der Waals surface area contributed by atoms with E-state index in [1.807, 2.05) is 60.7 Å². The first-order chi connectivity index (χ1) is 24.7. The van der Waals surface area contributed by atoms with Crippen LogP contribution < -0.4 is 0 Å². The second-order valence-electron chi connectivity index (χ2n) is 12.3. The summed E-state index contributed by atoms with van der Waals surface area (Å²) in [5, 5.41) is 33.8. The van der Waals surface area contributed by atoms with Crippen molar-refractivity contribution in [2.75, 3.05) is 0 Å². The van der Waals surface area contributed by atoms with E-state index in [2.05, 4.69) is 118 Å². The van der Waals surface area contributed by atoms with Gasteiger partial charge in [-0.2, -0.15) is 15.8 Å². The van der Waals surface area contributed by atoms with Gasteiger partial charge in [-0.1, -0.05) is 78.9 Å². The molecule has 0 atom stereocenters. The van der Waals surface area contributed by atoms with Gasteiger partial charge < -0.3 is 9.13 Å². The number of nitriles is 3. The van der Waals surface area contributed by atoms with Crippen LogP contribution in [0.25, 0.3) is 77.2 Å². The Kier molecular flexibility index (Phi) is 6.56. The highest BCUT2D eigenvalue weighted by molar-refractivity contribution is 6.11. The number of hydrogen-bond donors (Lipinski definition) is 0. The van der Waals surface area contributed by atoms with Crippen molar-refractivity contribution in [1.29, 1.82) is 15.8 Å². The van der Waals surface area contributed by atoms with E-state index in [0.717, 1.165) is 66.5 Å². The molecule has 0 aliphatic heterocycles. The molecule has 0 saturated carbocycles. The Morgan fingerprint density at radius 1 is 0.380 bits per heavy atom. The topological polar surface area (TPSA) is 81.2 Å². The Labute approximate surface area is 287 Å². The predicted molar refractivity (Wildman–Crippen MR) is 200 cm³/mol. The van der Waals surface area contributed by atoms with E-state index in [0.29, 0.717) is 16.7 Å². The van der Waals surface area contributed by atoms with E-state index in [1.54, 1.807) is 0 Å². The fourth-order valence-corrected chi connectivity index (χ4v) is 7.36. The number of rotatable bonds is 4. The number of fused-ring (bicyclic) bond motifs is 6. The minimum atomic E-state index is 0.574. The van der Waals surface area contributed by atoms with Crippen molar-refractivity contribution in [2.24, 2.45) is 0 Å². The Morgan fingerprint density at radius 2 is 0.980 bits per heavy atom. The Balaban J connectivity index is 1.18. The van der Waals surface area contributed by atoms with Crippen molar-refractivity contribution in [3.05, 3.63) is 168 Å². The molecule has 0 N–H and O–H groups in total. The van der Waals surface area contributed by atoms with Crippen LogP contribution in [-0.2, 0) is 0 Å². The fourth-order valence-electron chi connectivity index (χ4n) is 7.36. The van der Waals surface area contributed by atoms with Crippen LogP contribution in [0.4, 0.5) is 0 Å². The zero-order valence-electron chi connectivity index (χ0n) is 26.7. The van der Waals surface area contributed by atoms with Crippen LogP contribution in [-0.4, -0.2) is 9.13 Å². The Morgan fingerprint density at radius 3 is 1.70 bits per heavy atom. The second kappa shape index (κ2) is 11.4. The van der Waals surface area contributed by atoms with Gasteiger partial charge in [0.1, 0.15) is 0 Å². The summed E-state index contributed by atoms with van der Waals surface area (Å²) in [5.74, 6) is 0. The molecule has 9 rings (SSSR count). The lowest BCUT2D eigenvalue weighted by molar-refractivity contribution is 1.18. The van der Waals surface area contributed by atoms with Gasteiger partial charge in [-0.3, -0.25) is 0 Å². The summed E-state index contributed by atoms with van der Waals surface area (Å²) in [6, 6.07) is 57.9. The molecule has 0 bridgehead atoms. The highest BCUT2D eigenvalue weighted by atomic mass is 15.0. The predicted octanol–water partition coefficient (Wildman–Crippen LogP) is 10.8. The normalized spacial score (nSPS) is 11.1. The molecule has 0 fully saturated rings. The third-order valence-corrected chi connectivity index (χ3v) is 9.64. The maximum Gasteiger partial charge on any atom is 0.0998 e. The molecule has 50 heavy (non-hydrogen) atoms. The quantitative estimate of drug-likeness (QED) is 0.193. The largest absolute Gasteiger partial charge is 0.309 e. The maximum absolute atomic E-state index is 10.3. The van der Waals surface area contributed by atoms with Crippen LogP contribution in [0, 0.1) is 34.0 Å². The molecule has 9 aromatic rings. The van der Waals surface area contributed by atoms with Crippen molar-refractivity contribution in [1.82, 2.24) is 9.13 Å². The van der Waals surface area contributed by atoms with Crippen molar-refractivity contribution in [3.63, 3.8) is 0 Å². The molecule has 230 valence electrons. The summed E-state index contributed by atoms with van der Waals surface area (Å²) in [4.78, 5) is 0. The molecule has 5 nitrogen and oxygen atoms in total. The van der Waals surface area contributed by atoms with Gasteiger partial charge in [-0.25, -0.2) is 0 Å². The summed E-state index contributed by atoms with van der Waals surface area (Å²) >= 11 is 0. The van der Waals surface area contributed by atoms with Gasteiger partial charge in [-0.05, 0) is 83.9 Å². The average molecular weight is 636 g/mol. The highest BCUT2D eigenvalue weighted by Gasteiger charge is 2.18.